The molecule has 0 amide bonds. The molecule has 1 aromatic rings. The van der Waals surface area contributed by atoms with E-state index in [9.17, 15) is 8.42 Å². The van der Waals surface area contributed by atoms with Crippen LogP contribution in [0, 0.1) is 5.92 Å². The number of rotatable bonds is 9. The lowest BCUT2D eigenvalue weighted by Crippen LogP contribution is -2.41. The number of methoxy groups -OCH3 is 1. The maximum Gasteiger partial charge on any atom is 0.241 e. The van der Waals surface area contributed by atoms with Gasteiger partial charge >= 0.3 is 0 Å². The third-order valence-corrected chi connectivity index (χ3v) is 6.10. The summed E-state index contributed by atoms with van der Waals surface area (Å²) in [6.07, 6.45) is 2.45. The SMILES string of the molecule is COCC(NS(=O)(=O)c1csc(CNC2CC2)c1)C(C)C. The second-order valence-corrected chi connectivity index (χ2v) is 8.54. The van der Waals surface area contributed by atoms with Crippen molar-refractivity contribution in [1.29, 1.82) is 0 Å². The number of sulfonamides is 1. The zero-order valence-electron chi connectivity index (χ0n) is 12.8. The summed E-state index contributed by atoms with van der Waals surface area (Å²) in [7, 11) is -1.90. The first-order valence-corrected chi connectivity index (χ1v) is 9.60. The van der Waals surface area contributed by atoms with Gasteiger partial charge in [0.1, 0.15) is 0 Å². The van der Waals surface area contributed by atoms with E-state index in [-0.39, 0.29) is 12.0 Å². The summed E-state index contributed by atoms with van der Waals surface area (Å²) >= 11 is 1.48. The topological polar surface area (TPSA) is 67.4 Å². The van der Waals surface area contributed by atoms with Crippen LogP contribution < -0.4 is 10.0 Å². The minimum absolute atomic E-state index is 0.175. The van der Waals surface area contributed by atoms with E-state index < -0.39 is 10.0 Å². The van der Waals surface area contributed by atoms with Gasteiger partial charge in [-0.1, -0.05) is 13.8 Å². The van der Waals surface area contributed by atoms with E-state index in [4.69, 9.17) is 4.74 Å². The molecule has 1 aliphatic carbocycles. The summed E-state index contributed by atoms with van der Waals surface area (Å²) in [5, 5.41) is 5.10. The van der Waals surface area contributed by atoms with Crippen LogP contribution in [-0.4, -0.2) is 34.2 Å². The van der Waals surface area contributed by atoms with E-state index >= 15 is 0 Å². The Bertz CT molecular complexity index is 550. The highest BCUT2D eigenvalue weighted by molar-refractivity contribution is 7.89. The van der Waals surface area contributed by atoms with Gasteiger partial charge in [0.25, 0.3) is 0 Å². The van der Waals surface area contributed by atoms with E-state index in [1.807, 2.05) is 13.8 Å². The van der Waals surface area contributed by atoms with E-state index in [2.05, 4.69) is 10.0 Å². The van der Waals surface area contributed by atoms with Crippen molar-refractivity contribution in [2.75, 3.05) is 13.7 Å². The molecule has 1 fully saturated rings. The van der Waals surface area contributed by atoms with Crippen LogP contribution in [-0.2, 0) is 21.3 Å². The monoisotopic (exact) mass is 332 g/mol. The predicted molar refractivity (Wildman–Crippen MR) is 85.0 cm³/mol. The van der Waals surface area contributed by atoms with Gasteiger partial charge in [-0.05, 0) is 24.8 Å². The van der Waals surface area contributed by atoms with Crippen molar-refractivity contribution in [3.63, 3.8) is 0 Å². The van der Waals surface area contributed by atoms with Gasteiger partial charge in [-0.2, -0.15) is 0 Å². The van der Waals surface area contributed by atoms with Crippen LogP contribution in [0.3, 0.4) is 0 Å². The van der Waals surface area contributed by atoms with Crippen LogP contribution in [0.1, 0.15) is 31.6 Å². The minimum Gasteiger partial charge on any atom is -0.383 e. The summed E-state index contributed by atoms with van der Waals surface area (Å²) in [5.74, 6) is 0.175. The van der Waals surface area contributed by atoms with Crippen LogP contribution in [0.2, 0.25) is 0 Å². The summed E-state index contributed by atoms with van der Waals surface area (Å²) in [6.45, 7) is 5.07. The van der Waals surface area contributed by atoms with Crippen molar-refractivity contribution in [3.8, 4) is 0 Å². The maximum absolute atomic E-state index is 12.4. The van der Waals surface area contributed by atoms with Crippen molar-refractivity contribution in [2.24, 2.45) is 5.92 Å². The van der Waals surface area contributed by atoms with Crippen LogP contribution in [0.15, 0.2) is 16.3 Å². The van der Waals surface area contributed by atoms with E-state index in [0.29, 0.717) is 17.5 Å². The highest BCUT2D eigenvalue weighted by Gasteiger charge is 2.24. The van der Waals surface area contributed by atoms with Crippen LogP contribution in [0.5, 0.6) is 0 Å². The Hall–Kier alpha value is -0.470. The molecule has 2 rings (SSSR count). The van der Waals surface area contributed by atoms with Crippen molar-refractivity contribution >= 4 is 21.4 Å². The van der Waals surface area contributed by atoms with Crippen LogP contribution in [0.25, 0.3) is 0 Å². The minimum atomic E-state index is -3.48. The Labute approximate surface area is 131 Å². The Kier molecular flexibility index (Phi) is 5.79. The number of ether oxygens (including phenoxy) is 1. The fraction of sp³-hybridized carbons (Fsp3) is 0.714. The lowest BCUT2D eigenvalue weighted by molar-refractivity contribution is 0.157. The molecule has 1 saturated carbocycles. The van der Waals surface area contributed by atoms with Crippen molar-refractivity contribution in [3.05, 3.63) is 16.3 Å². The average molecular weight is 332 g/mol. The van der Waals surface area contributed by atoms with E-state index in [1.54, 1.807) is 18.6 Å². The van der Waals surface area contributed by atoms with Gasteiger partial charge < -0.3 is 10.1 Å². The summed E-state index contributed by atoms with van der Waals surface area (Å²) in [4.78, 5) is 1.40. The largest absolute Gasteiger partial charge is 0.383 e. The number of hydrogen-bond acceptors (Lipinski definition) is 5. The van der Waals surface area contributed by atoms with Gasteiger partial charge in [0.05, 0.1) is 11.5 Å². The number of nitrogens with one attached hydrogen (secondary N) is 2. The smallest absolute Gasteiger partial charge is 0.241 e. The molecule has 2 N–H and O–H groups in total. The summed E-state index contributed by atoms with van der Waals surface area (Å²) in [6, 6.07) is 2.16. The van der Waals surface area contributed by atoms with Gasteiger partial charge in [0.2, 0.25) is 10.0 Å². The standard InChI is InChI=1S/C14H24N2O3S2/c1-10(2)14(8-19-3)16-21(17,18)13-6-12(20-9-13)7-15-11-4-5-11/h6,9-11,14-16H,4-5,7-8H2,1-3H3. The Morgan fingerprint density at radius 1 is 1.43 bits per heavy atom. The molecule has 7 heteroatoms. The first kappa shape index (κ1) is 16.9. The van der Waals surface area contributed by atoms with Gasteiger partial charge in [0.15, 0.2) is 0 Å². The first-order valence-electron chi connectivity index (χ1n) is 7.24. The molecule has 1 atom stereocenters. The average Bonchev–Trinajstić information content (AvgIpc) is 3.11. The van der Waals surface area contributed by atoms with E-state index in [1.165, 1.54) is 24.2 Å². The van der Waals surface area contributed by atoms with Gasteiger partial charge in [-0.15, -0.1) is 11.3 Å². The lowest BCUT2D eigenvalue weighted by atomic mass is 10.1. The lowest BCUT2D eigenvalue weighted by Gasteiger charge is -2.20. The molecule has 0 aromatic carbocycles. The third-order valence-electron chi connectivity index (χ3n) is 3.54. The maximum atomic E-state index is 12.4. The molecular formula is C14H24N2O3S2. The molecule has 1 aliphatic rings. The van der Waals surface area contributed by atoms with Crippen LogP contribution in [0.4, 0.5) is 0 Å². The molecule has 0 radical (unpaired) electrons. The molecule has 1 unspecified atom stereocenters. The van der Waals surface area contributed by atoms with Gasteiger partial charge in [-0.3, -0.25) is 0 Å². The molecular weight excluding hydrogens is 308 g/mol. The van der Waals surface area contributed by atoms with E-state index in [0.717, 1.165) is 11.4 Å². The molecule has 1 heterocycles. The van der Waals surface area contributed by atoms with Crippen LogP contribution >= 0.6 is 11.3 Å². The summed E-state index contributed by atoms with van der Waals surface area (Å²) < 4.78 is 32.6. The molecule has 21 heavy (non-hydrogen) atoms. The normalized spacial score (nSPS) is 17.3. The summed E-state index contributed by atoms with van der Waals surface area (Å²) in [5.41, 5.74) is 0. The second kappa shape index (κ2) is 7.19. The highest BCUT2D eigenvalue weighted by Crippen LogP contribution is 2.23. The first-order chi connectivity index (χ1) is 9.92. The third kappa shape index (κ3) is 5.03. The Balaban J connectivity index is 2.00. The molecule has 0 saturated heterocycles. The predicted octanol–water partition coefficient (Wildman–Crippen LogP) is 1.95. The molecule has 1 aromatic heterocycles. The fourth-order valence-electron chi connectivity index (χ4n) is 1.94. The zero-order valence-corrected chi connectivity index (χ0v) is 14.4. The molecule has 0 aliphatic heterocycles. The number of thiophene rings is 1. The van der Waals surface area contributed by atoms with Crippen molar-refractivity contribution in [2.45, 2.75) is 50.2 Å². The quantitative estimate of drug-likeness (QED) is 0.725. The van der Waals surface area contributed by atoms with Gasteiger partial charge in [0, 0.05) is 36.0 Å². The Morgan fingerprint density at radius 3 is 2.71 bits per heavy atom. The molecule has 0 spiro atoms. The molecule has 5 nitrogen and oxygen atoms in total. The molecule has 0 bridgehead atoms. The molecule has 120 valence electrons. The zero-order chi connectivity index (χ0) is 15.5. The fourth-order valence-corrected chi connectivity index (χ4v) is 4.53. The van der Waals surface area contributed by atoms with Gasteiger partial charge in [-0.25, -0.2) is 13.1 Å². The second-order valence-electron chi connectivity index (χ2n) is 5.83. The number of hydrogen-bond donors (Lipinski definition) is 2. The van der Waals surface area contributed by atoms with Crippen molar-refractivity contribution < 1.29 is 13.2 Å². The highest BCUT2D eigenvalue weighted by atomic mass is 32.2. The Morgan fingerprint density at radius 2 is 2.14 bits per heavy atom. The van der Waals surface area contributed by atoms with Crippen molar-refractivity contribution in [1.82, 2.24) is 10.0 Å².